The number of hydrogen-bond donors (Lipinski definition) is 3. The molecule has 3 N–H and O–H groups in total. The highest BCUT2D eigenvalue weighted by Crippen LogP contribution is 1.98. The lowest BCUT2D eigenvalue weighted by Gasteiger charge is -2.10. The predicted molar refractivity (Wildman–Crippen MR) is 81.1 cm³/mol. The number of carbonyl (C=O) groups is 2. The molecule has 1 heterocycles. The number of amides is 1. The Hall–Kier alpha value is -0.490. The first-order chi connectivity index (χ1) is 8.52. The molecule has 6 nitrogen and oxygen atoms in total. The average molecular weight is 476 g/mol. The van der Waals surface area contributed by atoms with Crippen molar-refractivity contribution in [1.29, 1.82) is 0 Å². The lowest BCUT2D eigenvalue weighted by Crippen LogP contribution is -2.36. The number of nitrogens with one attached hydrogen (secondary N) is 2. The SMILES string of the molecule is O=C(CC(NI)C(=O)O)NCc1cc[n+](I)cc1. The van der Waals surface area contributed by atoms with Crippen LogP contribution in [0.25, 0.3) is 0 Å². The first kappa shape index (κ1) is 15.6. The Morgan fingerprint density at radius 2 is 2.00 bits per heavy atom. The van der Waals surface area contributed by atoms with Gasteiger partial charge in [0.1, 0.15) is 6.04 Å². The maximum absolute atomic E-state index is 11.5. The molecule has 1 aromatic rings. The summed E-state index contributed by atoms with van der Waals surface area (Å²) in [6.07, 6.45) is 3.65. The van der Waals surface area contributed by atoms with E-state index in [1.165, 1.54) is 0 Å². The van der Waals surface area contributed by atoms with Gasteiger partial charge in [-0.15, -0.1) is 2.78 Å². The number of halogens is 2. The first-order valence-corrected chi connectivity index (χ1v) is 7.09. The predicted octanol–water partition coefficient (Wildman–Crippen LogP) is 0.571. The highest BCUT2D eigenvalue weighted by molar-refractivity contribution is 14.1. The van der Waals surface area contributed by atoms with Gasteiger partial charge in [0.15, 0.2) is 12.4 Å². The third kappa shape index (κ3) is 5.44. The van der Waals surface area contributed by atoms with Crippen LogP contribution in [0.4, 0.5) is 0 Å². The zero-order valence-electron chi connectivity index (χ0n) is 9.27. The molecule has 1 atom stereocenters. The van der Waals surface area contributed by atoms with E-state index in [1.807, 2.05) is 27.3 Å². The summed E-state index contributed by atoms with van der Waals surface area (Å²) >= 11 is 3.85. The fourth-order valence-corrected chi connectivity index (χ4v) is 2.00. The van der Waals surface area contributed by atoms with Gasteiger partial charge in [-0.2, -0.15) is 0 Å². The van der Waals surface area contributed by atoms with E-state index in [-0.39, 0.29) is 12.3 Å². The van der Waals surface area contributed by atoms with E-state index < -0.39 is 12.0 Å². The number of nitrogens with zero attached hydrogens (tertiary/aromatic N) is 1. The Bertz CT molecular complexity index is 425. The molecule has 1 rings (SSSR count). The van der Waals surface area contributed by atoms with Gasteiger partial charge >= 0.3 is 28.8 Å². The van der Waals surface area contributed by atoms with Gasteiger partial charge in [0.2, 0.25) is 5.91 Å². The van der Waals surface area contributed by atoms with E-state index in [9.17, 15) is 9.59 Å². The molecular weight excluding hydrogens is 464 g/mol. The Morgan fingerprint density at radius 1 is 1.39 bits per heavy atom. The molecule has 0 saturated heterocycles. The molecule has 0 radical (unpaired) electrons. The first-order valence-electron chi connectivity index (χ1n) is 5.05. The van der Waals surface area contributed by atoms with Gasteiger partial charge in [0.25, 0.3) is 0 Å². The van der Waals surface area contributed by atoms with Gasteiger partial charge in [0, 0.05) is 41.5 Å². The summed E-state index contributed by atoms with van der Waals surface area (Å²) < 4.78 is 4.41. The number of hydrogen-bond acceptors (Lipinski definition) is 3. The summed E-state index contributed by atoms with van der Waals surface area (Å²) in [6.45, 7) is 0.393. The molecule has 1 amide bonds. The van der Waals surface area contributed by atoms with Crippen molar-refractivity contribution in [3.8, 4) is 0 Å². The van der Waals surface area contributed by atoms with Crippen LogP contribution in [-0.4, -0.2) is 23.0 Å². The number of carboxylic acids is 1. The Labute approximate surface area is 132 Å². The molecule has 98 valence electrons. The third-order valence-corrected chi connectivity index (χ3v) is 3.57. The van der Waals surface area contributed by atoms with Crippen molar-refractivity contribution in [1.82, 2.24) is 8.85 Å². The van der Waals surface area contributed by atoms with Gasteiger partial charge < -0.3 is 10.4 Å². The zero-order chi connectivity index (χ0) is 13.5. The molecule has 0 aliphatic heterocycles. The van der Waals surface area contributed by atoms with Crippen molar-refractivity contribution >= 4 is 57.6 Å². The molecule has 18 heavy (non-hydrogen) atoms. The van der Waals surface area contributed by atoms with Crippen LogP contribution in [0.1, 0.15) is 12.0 Å². The second kappa shape index (κ2) is 7.84. The van der Waals surface area contributed by atoms with Crippen LogP contribution in [0, 0.1) is 0 Å². The summed E-state index contributed by atoms with van der Waals surface area (Å²) in [5.41, 5.74) is 0.963. The van der Waals surface area contributed by atoms with Crippen LogP contribution in [0.2, 0.25) is 0 Å². The maximum Gasteiger partial charge on any atom is 0.353 e. The van der Waals surface area contributed by atoms with Crippen molar-refractivity contribution < 1.29 is 17.5 Å². The zero-order valence-corrected chi connectivity index (χ0v) is 13.6. The van der Waals surface area contributed by atoms with Gasteiger partial charge in [-0.1, -0.05) is 0 Å². The lowest BCUT2D eigenvalue weighted by atomic mass is 10.2. The van der Waals surface area contributed by atoms with Crippen molar-refractivity contribution in [2.75, 3.05) is 0 Å². The van der Waals surface area contributed by atoms with Gasteiger partial charge in [-0.05, 0) is 5.56 Å². The number of aliphatic carboxylic acids is 1. The minimum absolute atomic E-state index is 0.0859. The van der Waals surface area contributed by atoms with Gasteiger partial charge in [-0.3, -0.25) is 9.59 Å². The van der Waals surface area contributed by atoms with E-state index >= 15 is 0 Å². The second-order valence-corrected chi connectivity index (χ2v) is 5.27. The van der Waals surface area contributed by atoms with E-state index in [4.69, 9.17) is 5.11 Å². The third-order valence-electron chi connectivity index (χ3n) is 2.17. The number of aromatic nitrogens is 1. The fraction of sp³-hybridized carbons (Fsp3) is 0.300. The second-order valence-electron chi connectivity index (χ2n) is 3.53. The van der Waals surface area contributed by atoms with E-state index in [2.05, 4.69) is 31.7 Å². The molecular formula is C10H12I2N3O3+. The minimum atomic E-state index is -1.04. The Kier molecular flexibility index (Phi) is 6.78. The number of pyridine rings is 1. The molecule has 0 spiro atoms. The van der Waals surface area contributed by atoms with Crippen LogP contribution in [0.15, 0.2) is 24.5 Å². The van der Waals surface area contributed by atoms with E-state index in [1.54, 1.807) is 22.9 Å². The molecule has 0 aliphatic rings. The number of carboxylic acid groups (broad SMARTS) is 1. The molecule has 0 fully saturated rings. The summed E-state index contributed by atoms with van der Waals surface area (Å²) in [6, 6.07) is 2.91. The number of rotatable bonds is 6. The quantitative estimate of drug-likeness (QED) is 0.415. The molecule has 0 bridgehead atoms. The topological polar surface area (TPSA) is 82.3 Å². The highest BCUT2D eigenvalue weighted by atomic mass is 127. The minimum Gasteiger partial charge on any atom is -0.480 e. The normalized spacial score (nSPS) is 11.9. The van der Waals surface area contributed by atoms with Gasteiger partial charge in [0.05, 0.1) is 6.42 Å². The van der Waals surface area contributed by atoms with Gasteiger partial charge in [-0.25, -0.2) is 3.53 Å². The smallest absolute Gasteiger partial charge is 0.353 e. The van der Waals surface area contributed by atoms with E-state index in [0.29, 0.717) is 6.54 Å². The Morgan fingerprint density at radius 3 is 2.50 bits per heavy atom. The van der Waals surface area contributed by atoms with Crippen LogP contribution in [0.3, 0.4) is 0 Å². The summed E-state index contributed by atoms with van der Waals surface area (Å²) in [4.78, 5) is 22.3. The highest BCUT2D eigenvalue weighted by Gasteiger charge is 2.19. The van der Waals surface area contributed by atoms with Crippen molar-refractivity contribution in [2.24, 2.45) is 0 Å². The van der Waals surface area contributed by atoms with E-state index in [0.717, 1.165) is 5.56 Å². The average Bonchev–Trinajstić information content (AvgIpc) is 2.35. The van der Waals surface area contributed by atoms with Crippen LogP contribution in [-0.2, 0) is 16.1 Å². The van der Waals surface area contributed by atoms with Crippen LogP contribution in [0.5, 0.6) is 0 Å². The molecule has 0 aromatic carbocycles. The number of carbonyl (C=O) groups excluding carboxylic acids is 1. The summed E-state index contributed by atoms with van der Waals surface area (Å²) in [5.74, 6) is -1.33. The molecule has 1 aromatic heterocycles. The standard InChI is InChI=1S/C10H11I2N3O3/c11-14-8(10(17)18)5-9(16)13-6-7-1-3-15(12)4-2-7/h1-4,8,14H,5-6H2,(H-,13,16,17,18)/p+1. The lowest BCUT2D eigenvalue weighted by molar-refractivity contribution is -0.440. The summed E-state index contributed by atoms with van der Waals surface area (Å²) in [5, 5.41) is 11.5. The largest absolute Gasteiger partial charge is 0.480 e. The monoisotopic (exact) mass is 476 g/mol. The van der Waals surface area contributed by atoms with Crippen molar-refractivity contribution in [2.45, 2.75) is 19.0 Å². The molecule has 0 saturated carbocycles. The van der Waals surface area contributed by atoms with Crippen LogP contribution < -0.4 is 11.6 Å². The maximum atomic E-state index is 11.5. The summed E-state index contributed by atoms with van der Waals surface area (Å²) in [7, 11) is 0. The van der Waals surface area contributed by atoms with Crippen molar-refractivity contribution in [3.63, 3.8) is 0 Å². The van der Waals surface area contributed by atoms with Crippen molar-refractivity contribution in [3.05, 3.63) is 30.1 Å². The Balaban J connectivity index is 2.41. The fourth-order valence-electron chi connectivity index (χ4n) is 1.19. The molecule has 8 heteroatoms. The molecule has 1 unspecified atom stereocenters. The van der Waals surface area contributed by atoms with Crippen LogP contribution >= 0.6 is 45.7 Å². The molecule has 0 aliphatic carbocycles.